The van der Waals surface area contributed by atoms with E-state index in [4.69, 9.17) is 15.5 Å². The van der Waals surface area contributed by atoms with Crippen LogP contribution in [0.3, 0.4) is 0 Å². The number of nitrogens with two attached hydrogens (primary N) is 1. The van der Waals surface area contributed by atoms with Crippen molar-refractivity contribution in [3.05, 3.63) is 71.1 Å². The van der Waals surface area contributed by atoms with Crippen LogP contribution >= 0.6 is 11.3 Å². The Morgan fingerprint density at radius 3 is 2.34 bits per heavy atom. The molecule has 1 amide bonds. The number of hydrogen-bond acceptors (Lipinski definition) is 9. The Balaban J connectivity index is 1.50. The third-order valence-electron chi connectivity index (χ3n) is 6.73. The first-order chi connectivity index (χ1) is 20.7. The first kappa shape index (κ1) is 31.2. The van der Waals surface area contributed by atoms with Crippen LogP contribution in [0.4, 0.5) is 29.6 Å². The van der Waals surface area contributed by atoms with E-state index < -0.39 is 49.8 Å². The summed E-state index contributed by atoms with van der Waals surface area (Å²) in [5, 5.41) is 0.662. The number of piperidine rings is 1. The molecule has 1 aliphatic rings. The first-order valence-electron chi connectivity index (χ1n) is 13.6. The van der Waals surface area contributed by atoms with Gasteiger partial charge in [-0.25, -0.2) is 41.3 Å². The topological polar surface area (TPSA) is 140 Å². The van der Waals surface area contributed by atoms with Crippen molar-refractivity contribution >= 4 is 39.1 Å². The van der Waals surface area contributed by atoms with E-state index in [0.717, 1.165) is 24.3 Å². The molecule has 0 unspecified atom stereocenters. The molecule has 232 valence electrons. The lowest BCUT2D eigenvalue weighted by Crippen LogP contribution is -2.41. The van der Waals surface area contributed by atoms with Gasteiger partial charge >= 0.3 is 6.09 Å². The highest BCUT2D eigenvalue weighted by atomic mass is 32.2. The summed E-state index contributed by atoms with van der Waals surface area (Å²) in [5.41, 5.74) is 5.15. The highest BCUT2D eigenvalue weighted by Crippen LogP contribution is 2.43. The van der Waals surface area contributed by atoms with Crippen LogP contribution in [0.5, 0.6) is 0 Å². The van der Waals surface area contributed by atoms with E-state index in [1.165, 1.54) is 29.7 Å². The number of carbonyl (C=O) groups excluding carboxylic acids is 1. The van der Waals surface area contributed by atoms with E-state index in [2.05, 4.69) is 9.97 Å². The Labute approximate surface area is 256 Å². The fourth-order valence-corrected chi connectivity index (χ4v) is 7.15. The second kappa shape index (κ2) is 12.0. The minimum atomic E-state index is -4.84. The molecule has 2 aromatic carbocycles. The van der Waals surface area contributed by atoms with E-state index >= 15 is 4.39 Å². The summed E-state index contributed by atoms with van der Waals surface area (Å²) in [6, 6.07) is 8.13. The van der Waals surface area contributed by atoms with Gasteiger partial charge in [0.1, 0.15) is 17.2 Å². The Morgan fingerprint density at radius 2 is 1.70 bits per heavy atom. The third-order valence-corrected chi connectivity index (χ3v) is 9.39. The summed E-state index contributed by atoms with van der Waals surface area (Å²) in [6.45, 7) is 6.26. The van der Waals surface area contributed by atoms with Gasteiger partial charge in [-0.05, 0) is 63.9 Å². The van der Waals surface area contributed by atoms with Crippen LogP contribution in [-0.4, -0.2) is 53.1 Å². The lowest BCUT2D eigenvalue weighted by molar-refractivity contribution is 0.0204. The quantitative estimate of drug-likeness (QED) is 0.253. The van der Waals surface area contributed by atoms with Crippen LogP contribution in [0.2, 0.25) is 0 Å². The number of nitrogen functional groups attached to an aromatic ring is 1. The molecule has 3 N–H and O–H groups in total. The van der Waals surface area contributed by atoms with Crippen molar-refractivity contribution in [3.8, 4) is 21.8 Å². The predicted molar refractivity (Wildman–Crippen MR) is 160 cm³/mol. The molecule has 0 saturated carbocycles. The molecule has 1 aliphatic heterocycles. The summed E-state index contributed by atoms with van der Waals surface area (Å²) in [7, 11) is -4.84. The van der Waals surface area contributed by atoms with Crippen LogP contribution in [-0.2, 0) is 14.8 Å². The van der Waals surface area contributed by atoms with Gasteiger partial charge in [-0.15, -0.1) is 11.3 Å². The molecule has 0 bridgehead atoms. The molecule has 0 spiro atoms. The molecule has 3 heterocycles. The normalized spacial score (nSPS) is 14.5. The van der Waals surface area contributed by atoms with Crippen LogP contribution in [0.25, 0.3) is 21.8 Å². The Morgan fingerprint density at radius 1 is 1.05 bits per heavy atom. The van der Waals surface area contributed by atoms with Crippen molar-refractivity contribution in [2.24, 2.45) is 0 Å². The second-order valence-corrected chi connectivity index (χ2v) is 13.7. The molecule has 10 nitrogen and oxygen atoms in total. The highest BCUT2D eigenvalue weighted by molar-refractivity contribution is 7.92. The van der Waals surface area contributed by atoms with Crippen LogP contribution < -0.4 is 10.5 Å². The highest BCUT2D eigenvalue weighted by Gasteiger charge is 2.31. The zero-order valence-electron chi connectivity index (χ0n) is 24.0. The van der Waals surface area contributed by atoms with Crippen LogP contribution in [0, 0.1) is 17.5 Å². The van der Waals surface area contributed by atoms with Crippen molar-refractivity contribution in [2.75, 3.05) is 23.5 Å². The second-order valence-electron chi connectivity index (χ2n) is 11.1. The molecular formula is C29H29F3N6O4S2. The number of anilines is 2. The number of hydrogen-bond donors (Lipinski definition) is 2. The van der Waals surface area contributed by atoms with Gasteiger partial charge in [-0.2, -0.15) is 0 Å². The molecular weight excluding hydrogens is 617 g/mol. The maximum absolute atomic E-state index is 16.0. The predicted octanol–water partition coefficient (Wildman–Crippen LogP) is 6.18. The standard InChI is InChI=1S/C29H29F3N6O4S2/c1-29(2,3)42-28(39)38-14-11-16(12-15-38)26-36-23(24(43-26)21-10-13-34-27(33)35-21)17-6-4-9-20(22(17)32)37-44(40,41)25-18(30)7-5-8-19(25)31/h4-10,13,16,37H,11-12,14-15H2,1-3H3,(H2,33,34,35). The van der Waals surface area contributed by atoms with Crippen molar-refractivity contribution in [2.45, 2.75) is 50.0 Å². The number of likely N-dealkylation sites (tertiary alicyclic amines) is 1. The molecule has 0 aliphatic carbocycles. The van der Waals surface area contributed by atoms with Gasteiger partial charge in [0.2, 0.25) is 5.95 Å². The number of aromatic nitrogens is 3. The van der Waals surface area contributed by atoms with Gasteiger partial charge in [0.05, 0.1) is 27.0 Å². The summed E-state index contributed by atoms with van der Waals surface area (Å²) in [6.07, 6.45) is 2.20. The minimum Gasteiger partial charge on any atom is -0.444 e. The third kappa shape index (κ3) is 6.63. The van der Waals surface area contributed by atoms with Crippen molar-refractivity contribution < 1.29 is 31.1 Å². The SMILES string of the molecule is CC(C)(C)OC(=O)N1CCC(c2nc(-c3cccc(NS(=O)(=O)c4c(F)cccc4F)c3F)c(-c3ccnc(N)n3)s2)CC1. The molecule has 4 aromatic rings. The van der Waals surface area contributed by atoms with Gasteiger partial charge in [-0.3, -0.25) is 4.72 Å². The first-order valence-corrected chi connectivity index (χ1v) is 15.9. The zero-order chi connectivity index (χ0) is 31.8. The van der Waals surface area contributed by atoms with Crippen molar-refractivity contribution in [3.63, 3.8) is 0 Å². The van der Waals surface area contributed by atoms with E-state index in [1.54, 1.807) is 31.7 Å². The molecule has 5 rings (SSSR count). The van der Waals surface area contributed by atoms with Gasteiger partial charge in [0.25, 0.3) is 10.0 Å². The zero-order valence-corrected chi connectivity index (χ0v) is 25.6. The average molecular weight is 647 g/mol. The number of rotatable bonds is 6. The molecule has 0 radical (unpaired) electrons. The summed E-state index contributed by atoms with van der Waals surface area (Å²) in [4.78, 5) is 26.4. The van der Waals surface area contributed by atoms with Gasteiger partial charge in [0.15, 0.2) is 10.7 Å². The molecule has 1 fully saturated rings. The minimum absolute atomic E-state index is 0.0111. The maximum atomic E-state index is 16.0. The fraction of sp³-hybridized carbons (Fsp3) is 0.310. The number of thiazole rings is 1. The molecule has 2 aromatic heterocycles. The summed E-state index contributed by atoms with van der Waals surface area (Å²) in [5.74, 6) is -3.73. The molecule has 1 saturated heterocycles. The van der Waals surface area contributed by atoms with E-state index in [0.29, 0.717) is 41.5 Å². The maximum Gasteiger partial charge on any atom is 0.410 e. The molecule has 0 atom stereocenters. The summed E-state index contributed by atoms with van der Waals surface area (Å²) >= 11 is 1.27. The molecule has 15 heteroatoms. The van der Waals surface area contributed by atoms with E-state index in [-0.39, 0.29) is 23.1 Å². The number of carbonyl (C=O) groups is 1. The lowest BCUT2D eigenvalue weighted by Gasteiger charge is -2.32. The van der Waals surface area contributed by atoms with Crippen LogP contribution in [0.15, 0.2) is 53.6 Å². The van der Waals surface area contributed by atoms with Crippen LogP contribution in [0.1, 0.15) is 44.5 Å². The monoisotopic (exact) mass is 646 g/mol. The van der Waals surface area contributed by atoms with Crippen molar-refractivity contribution in [1.29, 1.82) is 0 Å². The number of sulfonamides is 1. The number of nitrogens with one attached hydrogen (secondary N) is 1. The fourth-order valence-electron chi connectivity index (χ4n) is 4.73. The van der Waals surface area contributed by atoms with Gasteiger partial charge in [-0.1, -0.05) is 12.1 Å². The van der Waals surface area contributed by atoms with Gasteiger partial charge < -0.3 is 15.4 Å². The number of ether oxygens (including phenoxy) is 1. The summed E-state index contributed by atoms with van der Waals surface area (Å²) < 4.78 is 77.8. The number of nitrogens with zero attached hydrogens (tertiary/aromatic N) is 4. The number of benzene rings is 2. The molecule has 44 heavy (non-hydrogen) atoms. The van der Waals surface area contributed by atoms with E-state index in [1.807, 2.05) is 4.72 Å². The van der Waals surface area contributed by atoms with Crippen molar-refractivity contribution in [1.82, 2.24) is 19.9 Å². The smallest absolute Gasteiger partial charge is 0.410 e. The Hall–Kier alpha value is -4.24. The average Bonchev–Trinajstić information content (AvgIpc) is 3.38. The Kier molecular flexibility index (Phi) is 8.53. The Bertz CT molecular complexity index is 1800. The number of halogens is 3. The van der Waals surface area contributed by atoms with Gasteiger partial charge in [0, 0.05) is 30.8 Å². The largest absolute Gasteiger partial charge is 0.444 e. The lowest BCUT2D eigenvalue weighted by atomic mass is 9.97. The number of amides is 1. The van der Waals surface area contributed by atoms with E-state index in [9.17, 15) is 22.0 Å².